The highest BCUT2D eigenvalue weighted by Gasteiger charge is 2.53. The van der Waals surface area contributed by atoms with Gasteiger partial charge in [-0.3, -0.25) is 24.0 Å². The lowest BCUT2D eigenvalue weighted by atomic mass is 9.98. The summed E-state index contributed by atoms with van der Waals surface area (Å²) in [4.78, 5) is 59.5. The molecule has 1 aromatic carbocycles. The molecule has 0 unspecified atom stereocenters. The van der Waals surface area contributed by atoms with Crippen LogP contribution in [0.25, 0.3) is 0 Å². The molecule has 0 bridgehead atoms. The molecule has 4 N–H and O–H groups in total. The number of hydrogen-bond acceptors (Lipinski definition) is 13. The van der Waals surface area contributed by atoms with E-state index in [0.717, 1.165) is 27.7 Å². The number of ether oxygens (including phenoxy) is 6. The highest BCUT2D eigenvalue weighted by atomic mass is 16.7. The summed E-state index contributed by atoms with van der Waals surface area (Å²) in [5.41, 5.74) is 6.03. The Labute approximate surface area is 218 Å². The lowest BCUT2D eigenvalue weighted by Crippen LogP contribution is -2.63. The first-order valence-corrected chi connectivity index (χ1v) is 11.7. The first-order valence-electron chi connectivity index (χ1n) is 11.7. The van der Waals surface area contributed by atoms with Gasteiger partial charge < -0.3 is 44.6 Å². The average molecular weight is 541 g/mol. The molecule has 1 saturated heterocycles. The molecule has 0 spiro atoms. The van der Waals surface area contributed by atoms with Crippen LogP contribution in [0.15, 0.2) is 18.2 Å². The standard InChI is InChI=1S/C24H32N2O12/c1-12(28)33-11-19-21(34-13(2)29)22(35-14(3)30)23(36-15(4)31)24(38-19)37-18-6-5-16(10-27)9-17(18)26-20(32)7-8-25/h5-6,9,19,21-24,27H,7-8,10-11,25H2,1-4H3,(H,26,32)/t19-,21+,22+,23-,24-/m1/s1. The third-order valence-corrected chi connectivity index (χ3v) is 5.06. The van der Waals surface area contributed by atoms with E-state index in [1.807, 2.05) is 0 Å². The summed E-state index contributed by atoms with van der Waals surface area (Å²) in [5, 5.41) is 12.1. The third kappa shape index (κ3) is 8.97. The topological polar surface area (TPSA) is 199 Å². The van der Waals surface area contributed by atoms with Crippen LogP contribution in [0.5, 0.6) is 5.75 Å². The molecule has 14 nitrogen and oxygen atoms in total. The van der Waals surface area contributed by atoms with Crippen LogP contribution in [0.2, 0.25) is 0 Å². The average Bonchev–Trinajstić information content (AvgIpc) is 2.81. The molecule has 0 aliphatic carbocycles. The normalized spacial score (nSPS) is 22.5. The molecule has 1 fully saturated rings. The van der Waals surface area contributed by atoms with Crippen LogP contribution in [0.3, 0.4) is 0 Å². The number of nitrogens with one attached hydrogen (secondary N) is 1. The van der Waals surface area contributed by atoms with Crippen molar-refractivity contribution < 1.29 is 57.5 Å². The number of amides is 1. The van der Waals surface area contributed by atoms with Crippen molar-refractivity contribution in [1.29, 1.82) is 0 Å². The molecule has 2 rings (SSSR count). The minimum Gasteiger partial charge on any atom is -0.463 e. The van der Waals surface area contributed by atoms with Gasteiger partial charge in [-0.05, 0) is 17.7 Å². The monoisotopic (exact) mass is 540 g/mol. The molecule has 1 aliphatic heterocycles. The maximum Gasteiger partial charge on any atom is 0.303 e. The lowest BCUT2D eigenvalue weighted by molar-refractivity contribution is -0.288. The van der Waals surface area contributed by atoms with E-state index in [2.05, 4.69) is 5.32 Å². The van der Waals surface area contributed by atoms with Crippen molar-refractivity contribution in [2.45, 2.75) is 71.4 Å². The van der Waals surface area contributed by atoms with E-state index in [9.17, 15) is 29.1 Å². The second-order valence-corrected chi connectivity index (χ2v) is 8.26. The molecule has 0 radical (unpaired) electrons. The summed E-state index contributed by atoms with van der Waals surface area (Å²) in [6.07, 6.45) is -6.94. The largest absolute Gasteiger partial charge is 0.463 e. The second kappa shape index (κ2) is 14.3. The summed E-state index contributed by atoms with van der Waals surface area (Å²) in [7, 11) is 0. The second-order valence-electron chi connectivity index (χ2n) is 8.26. The Bertz CT molecular complexity index is 1030. The van der Waals surface area contributed by atoms with Gasteiger partial charge in [0.15, 0.2) is 12.2 Å². The first kappa shape index (κ1) is 30.5. The number of rotatable bonds is 11. The predicted octanol–water partition coefficient (Wildman–Crippen LogP) is -0.0719. The zero-order chi connectivity index (χ0) is 28.4. The molecule has 1 heterocycles. The summed E-state index contributed by atoms with van der Waals surface area (Å²) >= 11 is 0. The number of nitrogens with two attached hydrogens (primary N) is 1. The minimum atomic E-state index is -1.50. The Morgan fingerprint density at radius 1 is 0.921 bits per heavy atom. The van der Waals surface area contributed by atoms with E-state index in [-0.39, 0.29) is 31.0 Å². The maximum atomic E-state index is 12.2. The van der Waals surface area contributed by atoms with Crippen molar-refractivity contribution in [2.75, 3.05) is 18.5 Å². The zero-order valence-corrected chi connectivity index (χ0v) is 21.5. The Morgan fingerprint density at radius 2 is 1.53 bits per heavy atom. The van der Waals surface area contributed by atoms with Crippen molar-refractivity contribution in [3.05, 3.63) is 23.8 Å². The number of anilines is 1. The quantitative estimate of drug-likeness (QED) is 0.249. The molecule has 1 amide bonds. The third-order valence-electron chi connectivity index (χ3n) is 5.06. The van der Waals surface area contributed by atoms with E-state index < -0.39 is 67.1 Å². The molecule has 0 aromatic heterocycles. The van der Waals surface area contributed by atoms with E-state index in [4.69, 9.17) is 34.2 Å². The maximum absolute atomic E-state index is 12.2. The highest BCUT2D eigenvalue weighted by Crippen LogP contribution is 2.34. The molecule has 38 heavy (non-hydrogen) atoms. The van der Waals surface area contributed by atoms with Gasteiger partial charge in [-0.2, -0.15) is 0 Å². The van der Waals surface area contributed by atoms with Gasteiger partial charge in [0, 0.05) is 40.7 Å². The van der Waals surface area contributed by atoms with E-state index in [1.165, 1.54) is 18.2 Å². The molecule has 1 aromatic rings. The van der Waals surface area contributed by atoms with Crippen molar-refractivity contribution >= 4 is 35.5 Å². The smallest absolute Gasteiger partial charge is 0.303 e. The molecule has 14 heteroatoms. The number of aliphatic hydroxyl groups excluding tert-OH is 1. The van der Waals surface area contributed by atoms with Gasteiger partial charge in [0.2, 0.25) is 18.3 Å². The van der Waals surface area contributed by atoms with Crippen LogP contribution in [0, 0.1) is 0 Å². The number of esters is 4. The number of carbonyl (C=O) groups excluding carboxylic acids is 5. The fourth-order valence-electron chi connectivity index (χ4n) is 3.63. The molecule has 0 saturated carbocycles. The van der Waals surface area contributed by atoms with Crippen LogP contribution >= 0.6 is 0 Å². The van der Waals surface area contributed by atoms with Gasteiger partial charge in [-0.1, -0.05) is 6.07 Å². The molecule has 1 aliphatic rings. The summed E-state index contributed by atoms with van der Waals surface area (Å²) in [6, 6.07) is 4.39. The number of benzene rings is 1. The van der Waals surface area contributed by atoms with Crippen LogP contribution < -0.4 is 15.8 Å². The fourth-order valence-corrected chi connectivity index (χ4v) is 3.63. The number of hydrogen-bond donors (Lipinski definition) is 3. The Kier molecular flexibility index (Phi) is 11.4. The van der Waals surface area contributed by atoms with Gasteiger partial charge >= 0.3 is 23.9 Å². The minimum absolute atomic E-state index is 0.00183. The number of carbonyl (C=O) groups is 5. The predicted molar refractivity (Wildman–Crippen MR) is 127 cm³/mol. The zero-order valence-electron chi connectivity index (χ0n) is 21.5. The Balaban J connectivity index is 2.54. The van der Waals surface area contributed by atoms with Crippen molar-refractivity contribution in [2.24, 2.45) is 5.73 Å². The summed E-state index contributed by atoms with van der Waals surface area (Å²) in [5.74, 6) is -3.42. The van der Waals surface area contributed by atoms with E-state index in [1.54, 1.807) is 0 Å². The lowest BCUT2D eigenvalue weighted by Gasteiger charge is -2.44. The summed E-state index contributed by atoms with van der Waals surface area (Å²) < 4.78 is 33.0. The molecular weight excluding hydrogens is 508 g/mol. The van der Waals surface area contributed by atoms with Gasteiger partial charge in [0.25, 0.3) is 0 Å². The van der Waals surface area contributed by atoms with Crippen LogP contribution in [0.1, 0.15) is 39.7 Å². The summed E-state index contributed by atoms with van der Waals surface area (Å²) in [6.45, 7) is 3.78. The molecule has 5 atom stereocenters. The fraction of sp³-hybridized carbons (Fsp3) is 0.542. The van der Waals surface area contributed by atoms with Gasteiger partial charge in [-0.25, -0.2) is 0 Å². The van der Waals surface area contributed by atoms with E-state index >= 15 is 0 Å². The number of aliphatic hydroxyl groups is 1. The van der Waals surface area contributed by atoms with Crippen LogP contribution in [0.4, 0.5) is 5.69 Å². The van der Waals surface area contributed by atoms with Crippen LogP contribution in [-0.4, -0.2) is 78.7 Å². The van der Waals surface area contributed by atoms with Crippen molar-refractivity contribution in [3.63, 3.8) is 0 Å². The highest BCUT2D eigenvalue weighted by molar-refractivity contribution is 5.92. The van der Waals surface area contributed by atoms with Crippen molar-refractivity contribution in [3.8, 4) is 5.75 Å². The molecule has 210 valence electrons. The van der Waals surface area contributed by atoms with Crippen LogP contribution in [-0.2, 0) is 54.3 Å². The molecular formula is C24H32N2O12. The van der Waals surface area contributed by atoms with Gasteiger partial charge in [0.1, 0.15) is 18.5 Å². The van der Waals surface area contributed by atoms with Gasteiger partial charge in [-0.15, -0.1) is 0 Å². The SMILES string of the molecule is CC(=O)OC[C@H]1O[C@@H](Oc2ccc(CO)cc2NC(=O)CCN)[C@H](OC(C)=O)[C@@H](OC(C)=O)[C@H]1OC(C)=O. The van der Waals surface area contributed by atoms with Gasteiger partial charge in [0.05, 0.1) is 12.3 Å². The van der Waals surface area contributed by atoms with E-state index in [0.29, 0.717) is 5.56 Å². The first-order chi connectivity index (χ1) is 17.9. The Morgan fingerprint density at radius 3 is 2.08 bits per heavy atom. The Hall–Kier alpha value is -3.75. The van der Waals surface area contributed by atoms with Crippen molar-refractivity contribution in [1.82, 2.24) is 0 Å².